The molecule has 0 aromatic rings. The molecule has 2 aliphatic rings. The number of aliphatic hydroxyl groups is 1. The van der Waals surface area contributed by atoms with E-state index in [1.807, 2.05) is 0 Å². The largest absolute Gasteiger partial charge is 0.396 e. The summed E-state index contributed by atoms with van der Waals surface area (Å²) in [6, 6.07) is 0.744. The van der Waals surface area contributed by atoms with E-state index >= 15 is 0 Å². The second kappa shape index (κ2) is 6.72. The number of nitrogens with one attached hydrogen (secondary N) is 1. The molecule has 2 rings (SSSR count). The summed E-state index contributed by atoms with van der Waals surface area (Å²) >= 11 is 0. The van der Waals surface area contributed by atoms with Crippen molar-refractivity contribution in [2.45, 2.75) is 44.6 Å². The molecular weight excluding hydrogens is 212 g/mol. The Bertz CT molecular complexity index is 220. The van der Waals surface area contributed by atoms with Gasteiger partial charge in [-0.05, 0) is 57.5 Å². The lowest BCUT2D eigenvalue weighted by molar-refractivity contribution is 0.126. The van der Waals surface area contributed by atoms with Crippen LogP contribution in [0.25, 0.3) is 0 Å². The van der Waals surface area contributed by atoms with Crippen LogP contribution in [0.15, 0.2) is 0 Å². The Morgan fingerprint density at radius 2 is 2.12 bits per heavy atom. The maximum absolute atomic E-state index is 9.04. The summed E-state index contributed by atoms with van der Waals surface area (Å²) in [6.07, 6.45) is 7.78. The van der Waals surface area contributed by atoms with E-state index < -0.39 is 0 Å². The Morgan fingerprint density at radius 1 is 1.24 bits per heavy atom. The first-order chi connectivity index (χ1) is 8.33. The highest BCUT2D eigenvalue weighted by atomic mass is 16.3. The molecule has 3 heteroatoms. The third kappa shape index (κ3) is 3.67. The second-order valence-corrected chi connectivity index (χ2v) is 5.87. The summed E-state index contributed by atoms with van der Waals surface area (Å²) in [5.41, 5.74) is 0. The van der Waals surface area contributed by atoms with Crippen LogP contribution in [-0.4, -0.2) is 49.3 Å². The molecule has 0 amide bonds. The molecule has 3 nitrogen and oxygen atoms in total. The Balaban J connectivity index is 1.77. The second-order valence-electron chi connectivity index (χ2n) is 5.87. The van der Waals surface area contributed by atoms with Gasteiger partial charge in [-0.2, -0.15) is 0 Å². The quantitative estimate of drug-likeness (QED) is 0.764. The predicted octanol–water partition coefficient (Wildman–Crippen LogP) is 1.47. The number of hydrogen-bond acceptors (Lipinski definition) is 3. The van der Waals surface area contributed by atoms with E-state index in [9.17, 15) is 0 Å². The lowest BCUT2D eigenvalue weighted by Gasteiger charge is -2.35. The van der Waals surface area contributed by atoms with Crippen LogP contribution >= 0.6 is 0 Å². The van der Waals surface area contributed by atoms with Crippen LogP contribution in [0, 0.1) is 11.8 Å². The van der Waals surface area contributed by atoms with Crippen LogP contribution < -0.4 is 5.32 Å². The Labute approximate surface area is 106 Å². The maximum Gasteiger partial charge on any atom is 0.0434 e. The standard InChI is InChI=1S/C14H28N2O/c1-15-14-6-2-5-13(14)11-16-8-3-4-12(10-16)7-9-17/h12-15,17H,2-11H2,1H3. The first-order valence-electron chi connectivity index (χ1n) is 7.34. The zero-order valence-corrected chi connectivity index (χ0v) is 11.2. The van der Waals surface area contributed by atoms with Gasteiger partial charge in [-0.3, -0.25) is 0 Å². The fourth-order valence-corrected chi connectivity index (χ4v) is 3.70. The Morgan fingerprint density at radius 3 is 2.88 bits per heavy atom. The number of piperidine rings is 1. The van der Waals surface area contributed by atoms with Crippen LogP contribution in [0.4, 0.5) is 0 Å². The summed E-state index contributed by atoms with van der Waals surface area (Å²) in [4.78, 5) is 2.64. The summed E-state index contributed by atoms with van der Waals surface area (Å²) in [5, 5.41) is 12.5. The van der Waals surface area contributed by atoms with Crippen LogP contribution in [0.3, 0.4) is 0 Å². The van der Waals surface area contributed by atoms with E-state index in [0.29, 0.717) is 6.61 Å². The van der Waals surface area contributed by atoms with Crippen molar-refractivity contribution in [1.82, 2.24) is 10.2 Å². The normalized spacial score (nSPS) is 35.3. The molecule has 3 unspecified atom stereocenters. The molecule has 1 saturated heterocycles. The molecule has 0 bridgehead atoms. The van der Waals surface area contributed by atoms with Gasteiger partial charge >= 0.3 is 0 Å². The van der Waals surface area contributed by atoms with Crippen LogP contribution in [-0.2, 0) is 0 Å². The molecule has 0 radical (unpaired) electrons. The number of aliphatic hydroxyl groups excluding tert-OH is 1. The molecule has 100 valence electrons. The van der Waals surface area contributed by atoms with Gasteiger partial charge in [-0.15, -0.1) is 0 Å². The molecule has 0 spiro atoms. The third-order valence-electron chi connectivity index (χ3n) is 4.66. The van der Waals surface area contributed by atoms with Gasteiger partial charge in [0.05, 0.1) is 0 Å². The fraction of sp³-hybridized carbons (Fsp3) is 1.00. The number of hydrogen-bond donors (Lipinski definition) is 2. The van der Waals surface area contributed by atoms with Gasteiger partial charge in [0.15, 0.2) is 0 Å². The first kappa shape index (κ1) is 13.3. The van der Waals surface area contributed by atoms with Gasteiger partial charge in [0, 0.05) is 25.7 Å². The molecule has 1 saturated carbocycles. The van der Waals surface area contributed by atoms with Gasteiger partial charge in [0.25, 0.3) is 0 Å². The van der Waals surface area contributed by atoms with Gasteiger partial charge in [-0.25, -0.2) is 0 Å². The molecule has 17 heavy (non-hydrogen) atoms. The Hall–Kier alpha value is -0.120. The third-order valence-corrected chi connectivity index (χ3v) is 4.66. The Kier molecular flexibility index (Phi) is 5.26. The topological polar surface area (TPSA) is 35.5 Å². The van der Waals surface area contributed by atoms with Gasteiger partial charge in [0.1, 0.15) is 0 Å². The molecule has 2 fully saturated rings. The van der Waals surface area contributed by atoms with Gasteiger partial charge in [0.2, 0.25) is 0 Å². The summed E-state index contributed by atoms with van der Waals surface area (Å²) < 4.78 is 0. The van der Waals surface area contributed by atoms with Crippen molar-refractivity contribution < 1.29 is 5.11 Å². The predicted molar refractivity (Wildman–Crippen MR) is 71.1 cm³/mol. The van der Waals surface area contributed by atoms with Crippen LogP contribution in [0.5, 0.6) is 0 Å². The number of likely N-dealkylation sites (tertiary alicyclic amines) is 1. The molecule has 3 atom stereocenters. The van der Waals surface area contributed by atoms with E-state index in [4.69, 9.17) is 5.11 Å². The molecule has 2 N–H and O–H groups in total. The molecule has 0 aromatic heterocycles. The summed E-state index contributed by atoms with van der Waals surface area (Å²) in [5.74, 6) is 1.59. The molecule has 0 aromatic carbocycles. The first-order valence-corrected chi connectivity index (χ1v) is 7.34. The van der Waals surface area contributed by atoms with Crippen molar-refractivity contribution in [2.24, 2.45) is 11.8 Å². The average Bonchev–Trinajstić information content (AvgIpc) is 2.77. The highest BCUT2D eigenvalue weighted by Crippen LogP contribution is 2.28. The van der Waals surface area contributed by atoms with E-state index in [1.165, 1.54) is 51.7 Å². The van der Waals surface area contributed by atoms with Crippen molar-refractivity contribution in [1.29, 1.82) is 0 Å². The SMILES string of the molecule is CNC1CCCC1CN1CCCC(CCO)C1. The molecule has 1 heterocycles. The monoisotopic (exact) mass is 240 g/mol. The van der Waals surface area contributed by atoms with Gasteiger partial charge in [-0.1, -0.05) is 6.42 Å². The molecule has 1 aliphatic carbocycles. The minimum absolute atomic E-state index is 0.362. The maximum atomic E-state index is 9.04. The van der Waals surface area contributed by atoms with E-state index in [2.05, 4.69) is 17.3 Å². The molecular formula is C14H28N2O. The van der Waals surface area contributed by atoms with E-state index in [-0.39, 0.29) is 0 Å². The van der Waals surface area contributed by atoms with E-state index in [0.717, 1.165) is 24.3 Å². The van der Waals surface area contributed by atoms with Crippen LogP contribution in [0.1, 0.15) is 38.5 Å². The summed E-state index contributed by atoms with van der Waals surface area (Å²) in [7, 11) is 2.10. The van der Waals surface area contributed by atoms with Crippen molar-refractivity contribution in [3.05, 3.63) is 0 Å². The molecule has 1 aliphatic heterocycles. The highest BCUT2D eigenvalue weighted by Gasteiger charge is 2.29. The van der Waals surface area contributed by atoms with E-state index in [1.54, 1.807) is 0 Å². The number of nitrogens with zero attached hydrogens (tertiary/aromatic N) is 1. The van der Waals surface area contributed by atoms with Crippen LogP contribution in [0.2, 0.25) is 0 Å². The number of rotatable bonds is 5. The summed E-state index contributed by atoms with van der Waals surface area (Å²) in [6.45, 7) is 4.12. The zero-order valence-electron chi connectivity index (χ0n) is 11.2. The van der Waals surface area contributed by atoms with Crippen molar-refractivity contribution >= 4 is 0 Å². The fourth-order valence-electron chi connectivity index (χ4n) is 3.70. The lowest BCUT2D eigenvalue weighted by atomic mass is 9.93. The van der Waals surface area contributed by atoms with Crippen molar-refractivity contribution in [3.63, 3.8) is 0 Å². The van der Waals surface area contributed by atoms with Crippen molar-refractivity contribution in [3.8, 4) is 0 Å². The lowest BCUT2D eigenvalue weighted by Crippen LogP contribution is -2.42. The zero-order chi connectivity index (χ0) is 12.1. The minimum Gasteiger partial charge on any atom is -0.396 e. The smallest absolute Gasteiger partial charge is 0.0434 e. The highest BCUT2D eigenvalue weighted by molar-refractivity contribution is 4.85. The minimum atomic E-state index is 0.362. The van der Waals surface area contributed by atoms with Crippen molar-refractivity contribution in [2.75, 3.05) is 33.3 Å². The van der Waals surface area contributed by atoms with Gasteiger partial charge < -0.3 is 15.3 Å². The average molecular weight is 240 g/mol.